The van der Waals surface area contributed by atoms with Crippen LogP contribution in [0.15, 0.2) is 29.5 Å². The summed E-state index contributed by atoms with van der Waals surface area (Å²) in [5.41, 5.74) is 5.69. The highest BCUT2D eigenvalue weighted by atomic mass is 13.8. The predicted octanol–water partition coefficient (Wildman–Crippen LogP) is 3.07. The molecule has 0 fully saturated rings. The molecule has 0 amide bonds. The smallest absolute Gasteiger partial charge is 0.00680 e. The molecule has 0 radical (unpaired) electrons. The summed E-state index contributed by atoms with van der Waals surface area (Å²) < 4.78 is 0. The number of rotatable bonds is 2. The lowest BCUT2D eigenvalue weighted by Crippen LogP contribution is -1.68. The van der Waals surface area contributed by atoms with Gasteiger partial charge in [0.25, 0.3) is 0 Å². The van der Waals surface area contributed by atoms with Crippen molar-refractivity contribution in [2.75, 3.05) is 0 Å². The van der Waals surface area contributed by atoms with Crippen molar-refractivity contribution in [3.63, 3.8) is 0 Å². The van der Waals surface area contributed by atoms with Gasteiger partial charge >= 0.3 is 0 Å². The normalized spacial score (nSPS) is 7.89. The molecule has 0 aliphatic heterocycles. The summed E-state index contributed by atoms with van der Waals surface area (Å²) >= 11 is 0. The van der Waals surface area contributed by atoms with Crippen LogP contribution in [0, 0.1) is 0 Å². The highest BCUT2D eigenvalue weighted by Gasteiger charge is 1.79. The molecule has 0 rings (SSSR count). The molecule has 0 saturated carbocycles. The van der Waals surface area contributed by atoms with E-state index >= 15 is 0 Å². The monoisotopic (exact) mass is 122 g/mol. The van der Waals surface area contributed by atoms with Gasteiger partial charge in [-0.1, -0.05) is 6.08 Å². The molecule has 0 aromatic rings. The standard InChI is InChI=1S/C9H14/c1-5-6-9(4)7-8(2)3/h5H,1,6H2,2-4H3. The predicted molar refractivity (Wildman–Crippen MR) is 42.4 cm³/mol. The molecule has 0 N–H and O–H groups in total. The molecule has 0 unspecified atom stereocenters. The van der Waals surface area contributed by atoms with Gasteiger partial charge < -0.3 is 0 Å². The fourth-order valence-corrected chi connectivity index (χ4v) is 0.694. The largest absolute Gasteiger partial charge is 0.123 e. The van der Waals surface area contributed by atoms with E-state index in [1.54, 1.807) is 0 Å². The molecule has 0 atom stereocenters. The van der Waals surface area contributed by atoms with Crippen molar-refractivity contribution in [2.45, 2.75) is 27.2 Å². The molecule has 0 heteroatoms. The zero-order valence-electron chi connectivity index (χ0n) is 6.49. The molecule has 50 valence electrons. The van der Waals surface area contributed by atoms with Crippen LogP contribution in [0.1, 0.15) is 27.2 Å². The third-order valence-corrected chi connectivity index (χ3v) is 0.914. The van der Waals surface area contributed by atoms with Gasteiger partial charge in [-0.2, -0.15) is 0 Å². The minimum Gasteiger partial charge on any atom is -0.123 e. The van der Waals surface area contributed by atoms with Crippen LogP contribution in [0.4, 0.5) is 0 Å². The second-order valence-electron chi connectivity index (χ2n) is 2.40. The van der Waals surface area contributed by atoms with Crippen molar-refractivity contribution >= 4 is 0 Å². The fourth-order valence-electron chi connectivity index (χ4n) is 0.694. The quantitative estimate of drug-likeness (QED) is 0.390. The molecule has 0 aliphatic carbocycles. The van der Waals surface area contributed by atoms with Gasteiger partial charge in [0.15, 0.2) is 0 Å². The average Bonchev–Trinajstić information content (AvgIpc) is 1.63. The maximum Gasteiger partial charge on any atom is -0.00680 e. The van der Waals surface area contributed by atoms with Crippen LogP contribution in [0.25, 0.3) is 0 Å². The van der Waals surface area contributed by atoms with Gasteiger partial charge in [-0.15, -0.1) is 12.3 Å². The zero-order chi connectivity index (χ0) is 7.28. The Bertz CT molecular complexity index is 151. The van der Waals surface area contributed by atoms with E-state index in [-0.39, 0.29) is 0 Å². The van der Waals surface area contributed by atoms with Crippen LogP contribution in [0.3, 0.4) is 0 Å². The molecular formula is C9H14. The molecule has 0 nitrogen and oxygen atoms in total. The lowest BCUT2D eigenvalue weighted by atomic mass is 10.2. The van der Waals surface area contributed by atoms with Crippen LogP contribution in [-0.2, 0) is 0 Å². The topological polar surface area (TPSA) is 0 Å². The third kappa shape index (κ3) is 5.13. The van der Waals surface area contributed by atoms with Crippen LogP contribution < -0.4 is 0 Å². The van der Waals surface area contributed by atoms with Crippen LogP contribution >= 0.6 is 0 Å². The van der Waals surface area contributed by atoms with Gasteiger partial charge in [-0.25, -0.2) is 0 Å². The van der Waals surface area contributed by atoms with E-state index < -0.39 is 0 Å². The Balaban J connectivity index is 4.15. The first kappa shape index (κ1) is 8.26. The second-order valence-corrected chi connectivity index (χ2v) is 2.40. The van der Waals surface area contributed by atoms with Crippen LogP contribution in [0.2, 0.25) is 0 Å². The van der Waals surface area contributed by atoms with Gasteiger partial charge in [0.1, 0.15) is 0 Å². The Kier molecular flexibility index (Phi) is 3.83. The minimum absolute atomic E-state index is 0.950. The van der Waals surface area contributed by atoms with E-state index in [1.807, 2.05) is 19.9 Å². The van der Waals surface area contributed by atoms with Crippen molar-refractivity contribution in [1.82, 2.24) is 0 Å². The number of allylic oxidation sites excluding steroid dienone is 2. The summed E-state index contributed by atoms with van der Waals surface area (Å²) in [7, 11) is 0. The molecule has 9 heavy (non-hydrogen) atoms. The van der Waals surface area contributed by atoms with Crippen LogP contribution in [0.5, 0.6) is 0 Å². The highest BCUT2D eigenvalue weighted by Crippen LogP contribution is 1.98. The Morgan fingerprint density at radius 2 is 2.00 bits per heavy atom. The first-order chi connectivity index (χ1) is 4.16. The summed E-state index contributed by atoms with van der Waals surface area (Å²) in [6, 6.07) is 0. The summed E-state index contributed by atoms with van der Waals surface area (Å²) in [5.74, 6) is 0. The molecule has 0 aromatic heterocycles. The van der Waals surface area contributed by atoms with E-state index in [0.717, 1.165) is 6.42 Å². The first-order valence-corrected chi connectivity index (χ1v) is 3.17. The van der Waals surface area contributed by atoms with E-state index in [9.17, 15) is 0 Å². The van der Waals surface area contributed by atoms with Crippen molar-refractivity contribution < 1.29 is 0 Å². The molecule has 0 heterocycles. The van der Waals surface area contributed by atoms with Crippen molar-refractivity contribution in [3.05, 3.63) is 29.5 Å². The van der Waals surface area contributed by atoms with Crippen molar-refractivity contribution in [3.8, 4) is 0 Å². The van der Waals surface area contributed by atoms with E-state index in [2.05, 4.69) is 19.2 Å². The zero-order valence-corrected chi connectivity index (χ0v) is 6.49. The summed E-state index contributed by atoms with van der Waals surface area (Å²) in [5, 5.41) is 0. The van der Waals surface area contributed by atoms with Gasteiger partial charge in [0, 0.05) is 0 Å². The third-order valence-electron chi connectivity index (χ3n) is 0.914. The molecule has 0 aromatic carbocycles. The lowest BCUT2D eigenvalue weighted by molar-refractivity contribution is 1.21. The molecule has 0 bridgehead atoms. The van der Waals surface area contributed by atoms with Crippen LogP contribution in [-0.4, -0.2) is 0 Å². The van der Waals surface area contributed by atoms with Gasteiger partial charge in [-0.3, -0.25) is 0 Å². The average molecular weight is 122 g/mol. The van der Waals surface area contributed by atoms with Gasteiger partial charge in [0.05, 0.1) is 0 Å². The lowest BCUT2D eigenvalue weighted by Gasteiger charge is -1.87. The number of hydrogen-bond acceptors (Lipinski definition) is 0. The SMILES string of the molecule is C=CCC(C)=C=C(C)C. The molecular weight excluding hydrogens is 108 g/mol. The van der Waals surface area contributed by atoms with E-state index in [0.29, 0.717) is 0 Å². The maximum absolute atomic E-state index is 3.64. The Morgan fingerprint density at radius 1 is 1.44 bits per heavy atom. The first-order valence-electron chi connectivity index (χ1n) is 3.17. The van der Waals surface area contributed by atoms with Crippen molar-refractivity contribution in [1.29, 1.82) is 0 Å². The Labute approximate surface area is 57.6 Å². The molecule has 0 saturated heterocycles. The van der Waals surface area contributed by atoms with Crippen molar-refractivity contribution in [2.24, 2.45) is 0 Å². The minimum atomic E-state index is 0.950. The van der Waals surface area contributed by atoms with Gasteiger partial charge in [0.2, 0.25) is 0 Å². The van der Waals surface area contributed by atoms with E-state index in [1.165, 1.54) is 11.1 Å². The fraction of sp³-hybridized carbons (Fsp3) is 0.444. The molecule has 0 aliphatic rings. The number of hydrogen-bond donors (Lipinski definition) is 0. The molecule has 0 spiro atoms. The highest BCUT2D eigenvalue weighted by molar-refractivity contribution is 5.06. The second kappa shape index (κ2) is 4.17. The summed E-state index contributed by atoms with van der Waals surface area (Å²) in [4.78, 5) is 0. The summed E-state index contributed by atoms with van der Waals surface area (Å²) in [6.07, 6.45) is 2.84. The Hall–Kier alpha value is -0.740. The Morgan fingerprint density at radius 3 is 2.33 bits per heavy atom. The van der Waals surface area contributed by atoms with E-state index in [4.69, 9.17) is 0 Å². The summed E-state index contributed by atoms with van der Waals surface area (Å²) in [6.45, 7) is 9.80. The van der Waals surface area contributed by atoms with Gasteiger partial charge in [-0.05, 0) is 38.3 Å². The maximum atomic E-state index is 3.64.